The molecule has 4 aromatic rings. The molecule has 1 aliphatic heterocycles. The van der Waals surface area contributed by atoms with Gasteiger partial charge in [0.15, 0.2) is 11.4 Å². The van der Waals surface area contributed by atoms with Gasteiger partial charge in [0.1, 0.15) is 5.69 Å². The Kier molecular flexibility index (Phi) is 7.74. The van der Waals surface area contributed by atoms with E-state index < -0.39 is 11.7 Å². The number of imidazole rings is 1. The van der Waals surface area contributed by atoms with Crippen molar-refractivity contribution < 1.29 is 18.0 Å². The smallest absolute Gasteiger partial charge is 0.305 e. The SMILES string of the molecule is Cc1ccc(C(=O)Cc2ccc(CN3CC[C@@H](N(C)C)C3)c(C(F)(F)F)c2)cc1C#Cc1cnc2cnccn12. The number of alkyl halides is 3. The van der Waals surface area contributed by atoms with Gasteiger partial charge >= 0.3 is 6.18 Å². The second-order valence-corrected chi connectivity index (χ2v) is 10.5. The van der Waals surface area contributed by atoms with Crippen molar-refractivity contribution in [3.05, 3.63) is 100 Å². The Bertz CT molecular complexity index is 1610. The van der Waals surface area contributed by atoms with Crippen molar-refractivity contribution in [2.75, 3.05) is 27.2 Å². The van der Waals surface area contributed by atoms with Crippen LogP contribution in [0.15, 0.2) is 61.2 Å². The van der Waals surface area contributed by atoms with Gasteiger partial charge in [-0.25, -0.2) is 4.98 Å². The summed E-state index contributed by atoms with van der Waals surface area (Å²) in [5, 5.41) is 0. The van der Waals surface area contributed by atoms with Crippen molar-refractivity contribution >= 4 is 11.4 Å². The van der Waals surface area contributed by atoms with Crippen LogP contribution >= 0.6 is 0 Å². The Morgan fingerprint density at radius 2 is 1.95 bits per heavy atom. The third-order valence-electron chi connectivity index (χ3n) is 7.42. The molecule has 0 radical (unpaired) electrons. The van der Waals surface area contributed by atoms with E-state index in [1.54, 1.807) is 49.1 Å². The summed E-state index contributed by atoms with van der Waals surface area (Å²) >= 11 is 0. The Hall–Kier alpha value is -4.00. The number of hydrogen-bond donors (Lipinski definition) is 0. The zero-order chi connectivity index (χ0) is 28.4. The molecule has 0 saturated carbocycles. The second-order valence-electron chi connectivity index (χ2n) is 10.5. The fourth-order valence-corrected chi connectivity index (χ4v) is 5.04. The van der Waals surface area contributed by atoms with Gasteiger partial charge in [-0.15, -0.1) is 0 Å². The number of nitrogens with zero attached hydrogens (tertiary/aromatic N) is 5. The highest BCUT2D eigenvalue weighted by Crippen LogP contribution is 2.34. The number of likely N-dealkylation sites (tertiary alicyclic amines) is 1. The first kappa shape index (κ1) is 27.6. The van der Waals surface area contributed by atoms with Crippen molar-refractivity contribution in [3.63, 3.8) is 0 Å². The summed E-state index contributed by atoms with van der Waals surface area (Å²) in [5.74, 6) is 5.93. The predicted octanol–water partition coefficient (Wildman–Crippen LogP) is 5.02. The summed E-state index contributed by atoms with van der Waals surface area (Å²) in [4.78, 5) is 25.6. The predicted molar refractivity (Wildman–Crippen MR) is 147 cm³/mol. The van der Waals surface area contributed by atoms with Gasteiger partial charge in [-0.3, -0.25) is 19.1 Å². The van der Waals surface area contributed by atoms with Crippen molar-refractivity contribution in [2.45, 2.75) is 38.5 Å². The Morgan fingerprint density at radius 1 is 1.12 bits per heavy atom. The first-order valence-corrected chi connectivity index (χ1v) is 13.1. The fourth-order valence-electron chi connectivity index (χ4n) is 5.04. The van der Waals surface area contributed by atoms with Crippen LogP contribution in [0.2, 0.25) is 0 Å². The molecule has 6 nitrogen and oxygen atoms in total. The molecule has 0 bridgehead atoms. The van der Waals surface area contributed by atoms with Crippen molar-refractivity contribution in [1.82, 2.24) is 24.2 Å². The van der Waals surface area contributed by atoms with Crippen LogP contribution in [-0.2, 0) is 19.1 Å². The van der Waals surface area contributed by atoms with Crippen molar-refractivity contribution in [3.8, 4) is 11.8 Å². The molecular formula is C31H30F3N5O. The Balaban J connectivity index is 1.34. The number of fused-ring (bicyclic) bond motifs is 1. The first-order valence-electron chi connectivity index (χ1n) is 13.1. The zero-order valence-corrected chi connectivity index (χ0v) is 22.7. The molecular weight excluding hydrogens is 515 g/mol. The molecule has 0 N–H and O–H groups in total. The molecule has 40 heavy (non-hydrogen) atoms. The van der Waals surface area contributed by atoms with Gasteiger partial charge in [-0.2, -0.15) is 13.2 Å². The molecule has 0 spiro atoms. The van der Waals surface area contributed by atoms with E-state index in [4.69, 9.17) is 0 Å². The van der Waals surface area contributed by atoms with Crippen LogP contribution in [0.4, 0.5) is 13.2 Å². The van der Waals surface area contributed by atoms with E-state index in [0.717, 1.165) is 31.1 Å². The number of aromatic nitrogens is 3. The van der Waals surface area contributed by atoms with E-state index in [1.807, 2.05) is 25.4 Å². The standard InChI is InChI=1S/C31H30F3N5O/c1-21-4-6-24(16-23(21)8-9-26-17-36-30-18-35-11-13-39(26)30)29(40)15-22-5-7-25(28(14-22)31(32,33)34)19-38-12-10-27(20-38)37(2)3/h4-7,11,13-14,16-18,27H,10,12,15,19-20H2,1-3H3/t27-/m1/s1. The molecule has 2 aromatic heterocycles. The Morgan fingerprint density at radius 3 is 2.70 bits per heavy atom. The molecule has 0 amide bonds. The number of carbonyl (C=O) groups excluding carboxylic acids is 1. The number of aryl methyl sites for hydroxylation is 1. The second kappa shape index (κ2) is 11.2. The summed E-state index contributed by atoms with van der Waals surface area (Å²) in [7, 11) is 3.98. The molecule has 1 fully saturated rings. The lowest BCUT2D eigenvalue weighted by Gasteiger charge is -2.22. The highest BCUT2D eigenvalue weighted by molar-refractivity contribution is 5.98. The Labute approximate surface area is 231 Å². The van der Waals surface area contributed by atoms with E-state index >= 15 is 0 Å². The molecule has 5 rings (SSSR count). The lowest BCUT2D eigenvalue weighted by molar-refractivity contribution is -0.138. The third-order valence-corrected chi connectivity index (χ3v) is 7.42. The molecule has 1 atom stereocenters. The molecule has 2 aromatic carbocycles. The van der Waals surface area contributed by atoms with Crippen LogP contribution in [-0.4, -0.2) is 63.2 Å². The number of likely N-dealkylation sites (N-methyl/N-ethyl adjacent to an activating group) is 1. The lowest BCUT2D eigenvalue weighted by atomic mass is 9.96. The number of hydrogen-bond acceptors (Lipinski definition) is 5. The minimum atomic E-state index is -4.50. The summed E-state index contributed by atoms with van der Waals surface area (Å²) < 4.78 is 43.9. The van der Waals surface area contributed by atoms with Crippen molar-refractivity contribution in [2.24, 2.45) is 0 Å². The first-order chi connectivity index (χ1) is 19.1. The maximum Gasteiger partial charge on any atom is 0.416 e. The zero-order valence-electron chi connectivity index (χ0n) is 22.7. The highest BCUT2D eigenvalue weighted by atomic mass is 19.4. The normalized spacial score (nSPS) is 15.9. The van der Waals surface area contributed by atoms with Crippen LogP contribution in [0.5, 0.6) is 0 Å². The number of Topliss-reactive ketones (excluding diaryl/α,β-unsaturated/α-hetero) is 1. The van der Waals surface area contributed by atoms with Gasteiger partial charge in [0.2, 0.25) is 0 Å². The maximum atomic E-state index is 14.0. The number of rotatable bonds is 6. The minimum Gasteiger partial charge on any atom is -0.305 e. The molecule has 206 valence electrons. The van der Waals surface area contributed by atoms with E-state index in [0.29, 0.717) is 34.1 Å². The minimum absolute atomic E-state index is 0.133. The fraction of sp³-hybridized carbons (Fsp3) is 0.323. The number of carbonyl (C=O) groups is 1. The molecule has 3 heterocycles. The van der Waals surface area contributed by atoms with Crippen LogP contribution in [0.1, 0.15) is 50.3 Å². The van der Waals surface area contributed by atoms with Gasteiger partial charge in [-0.05, 0) is 62.2 Å². The van der Waals surface area contributed by atoms with Crippen LogP contribution in [0.3, 0.4) is 0 Å². The van der Waals surface area contributed by atoms with Gasteiger partial charge < -0.3 is 4.90 Å². The van der Waals surface area contributed by atoms with E-state index in [9.17, 15) is 18.0 Å². The average Bonchev–Trinajstić information content (AvgIpc) is 3.56. The third kappa shape index (κ3) is 6.09. The summed E-state index contributed by atoms with van der Waals surface area (Å²) in [6.07, 6.45) is 3.00. The lowest BCUT2D eigenvalue weighted by Crippen LogP contribution is -2.31. The summed E-state index contributed by atoms with van der Waals surface area (Å²) in [5.41, 5.74) is 3.21. The molecule has 0 aliphatic carbocycles. The van der Waals surface area contributed by atoms with Crippen LogP contribution in [0.25, 0.3) is 5.65 Å². The maximum absolute atomic E-state index is 14.0. The number of halogens is 3. The van der Waals surface area contributed by atoms with E-state index in [1.165, 1.54) is 6.07 Å². The van der Waals surface area contributed by atoms with Crippen LogP contribution < -0.4 is 0 Å². The summed E-state index contributed by atoms with van der Waals surface area (Å²) in [6.45, 7) is 3.62. The average molecular weight is 546 g/mol. The summed E-state index contributed by atoms with van der Waals surface area (Å²) in [6, 6.07) is 9.81. The van der Waals surface area contributed by atoms with Crippen molar-refractivity contribution in [1.29, 1.82) is 0 Å². The van der Waals surface area contributed by atoms with Gasteiger partial charge in [0.25, 0.3) is 0 Å². The monoisotopic (exact) mass is 545 g/mol. The molecule has 1 saturated heterocycles. The number of ketones is 1. The van der Waals surface area contributed by atoms with Gasteiger partial charge in [0, 0.05) is 55.6 Å². The van der Waals surface area contributed by atoms with E-state index in [2.05, 4.69) is 31.6 Å². The number of benzene rings is 2. The molecule has 0 unspecified atom stereocenters. The topological polar surface area (TPSA) is 53.7 Å². The van der Waals surface area contributed by atoms with Gasteiger partial charge in [-0.1, -0.05) is 30.2 Å². The van der Waals surface area contributed by atoms with Crippen LogP contribution in [0, 0.1) is 18.8 Å². The van der Waals surface area contributed by atoms with Gasteiger partial charge in [0.05, 0.1) is 18.0 Å². The quantitative estimate of drug-likeness (QED) is 0.252. The van der Waals surface area contributed by atoms with E-state index in [-0.39, 0.29) is 24.3 Å². The largest absolute Gasteiger partial charge is 0.416 e. The highest BCUT2D eigenvalue weighted by Gasteiger charge is 2.35. The molecule has 1 aliphatic rings. The molecule has 9 heteroatoms.